The highest BCUT2D eigenvalue weighted by Crippen LogP contribution is 2.39. The molecule has 166 valence electrons. The Labute approximate surface area is 192 Å². The van der Waals surface area contributed by atoms with Gasteiger partial charge in [-0.2, -0.15) is 0 Å². The molecule has 1 N–H and O–H groups in total. The molecule has 0 aliphatic carbocycles. The highest BCUT2D eigenvalue weighted by Gasteiger charge is 2.35. The van der Waals surface area contributed by atoms with Crippen molar-refractivity contribution in [2.75, 3.05) is 0 Å². The number of fused-ring (bicyclic) bond motifs is 12. The molecule has 5 nitrogen and oxygen atoms in total. The molecule has 2 aromatic carbocycles. The third-order valence-electron chi connectivity index (χ3n) is 7.10. The van der Waals surface area contributed by atoms with Gasteiger partial charge in [0.15, 0.2) is 0 Å². The number of para-hydroxylation sites is 2. The maximum absolute atomic E-state index is 13.2. The minimum atomic E-state index is -0.309. The summed E-state index contributed by atoms with van der Waals surface area (Å²) < 4.78 is 4.50. The highest BCUT2D eigenvalue weighted by molar-refractivity contribution is 6.50. The summed E-state index contributed by atoms with van der Waals surface area (Å²) in [5, 5.41) is 4.62. The van der Waals surface area contributed by atoms with Crippen molar-refractivity contribution in [2.24, 2.45) is 0 Å². The lowest BCUT2D eigenvalue weighted by atomic mass is 9.95. The minimum Gasteiger partial charge on any atom is -0.347 e. The van der Waals surface area contributed by atoms with Gasteiger partial charge in [0.25, 0.3) is 11.8 Å². The van der Waals surface area contributed by atoms with Gasteiger partial charge in [0.2, 0.25) is 0 Å². The van der Waals surface area contributed by atoms with Crippen molar-refractivity contribution in [1.82, 2.24) is 14.5 Å². The van der Waals surface area contributed by atoms with E-state index in [1.165, 1.54) is 25.7 Å². The van der Waals surface area contributed by atoms with Crippen molar-refractivity contribution in [3.63, 3.8) is 0 Å². The van der Waals surface area contributed by atoms with E-state index in [-0.39, 0.29) is 11.8 Å². The molecule has 6 rings (SSSR count). The lowest BCUT2D eigenvalue weighted by molar-refractivity contribution is -0.122. The van der Waals surface area contributed by atoms with Crippen LogP contribution in [0.4, 0.5) is 0 Å². The van der Waals surface area contributed by atoms with Gasteiger partial charge in [0.05, 0.1) is 11.1 Å². The van der Waals surface area contributed by atoms with E-state index in [0.717, 1.165) is 58.9 Å². The molecule has 4 bridgehead atoms. The smallest absolute Gasteiger partial charge is 0.259 e. The summed E-state index contributed by atoms with van der Waals surface area (Å²) in [6, 6.07) is 16.4. The fourth-order valence-corrected chi connectivity index (χ4v) is 5.50. The predicted octanol–water partition coefficient (Wildman–Crippen LogP) is 5.52. The molecule has 4 aromatic rings. The molecule has 4 heterocycles. The molecular formula is C28H27N3O2. The number of rotatable bonds is 0. The van der Waals surface area contributed by atoms with Crippen LogP contribution in [-0.2, 0) is 22.7 Å². The maximum Gasteiger partial charge on any atom is 0.259 e. The van der Waals surface area contributed by atoms with Crippen LogP contribution in [0.3, 0.4) is 0 Å². The molecule has 0 saturated heterocycles. The van der Waals surface area contributed by atoms with Gasteiger partial charge in [-0.05, 0) is 25.0 Å². The van der Waals surface area contributed by atoms with Crippen LogP contribution in [0.2, 0.25) is 0 Å². The summed E-state index contributed by atoms with van der Waals surface area (Å²) in [7, 11) is 0. The third kappa shape index (κ3) is 3.30. The molecule has 2 aliphatic heterocycles. The number of nitrogens with one attached hydrogen (secondary N) is 1. The molecule has 2 aromatic heterocycles. The predicted molar refractivity (Wildman–Crippen MR) is 132 cm³/mol. The van der Waals surface area contributed by atoms with Crippen molar-refractivity contribution < 1.29 is 9.59 Å². The standard InChI is InChI=1S/C28H27N3O2/c32-27-25-21-17-30(23-13-7-5-11-19(21)23)15-9-3-1-2-4-10-16-31-18-22(26(25)28(33)29-27)20-12-6-8-14-24(20)31/h5-8,11-14,17-18H,1-4,9-10,15-16H2,(H,29,32,33). The Bertz CT molecular complexity index is 1330. The van der Waals surface area contributed by atoms with Gasteiger partial charge in [0.1, 0.15) is 0 Å². The monoisotopic (exact) mass is 437 g/mol. The van der Waals surface area contributed by atoms with Crippen molar-refractivity contribution in [3.05, 3.63) is 72.1 Å². The van der Waals surface area contributed by atoms with E-state index in [1.807, 2.05) is 24.3 Å². The average molecular weight is 438 g/mol. The largest absolute Gasteiger partial charge is 0.347 e. The summed E-state index contributed by atoms with van der Waals surface area (Å²) in [5.41, 5.74) is 4.88. The van der Waals surface area contributed by atoms with E-state index in [9.17, 15) is 9.59 Å². The molecule has 2 amide bonds. The lowest BCUT2D eigenvalue weighted by Gasteiger charge is -2.07. The Morgan fingerprint density at radius 3 is 1.48 bits per heavy atom. The number of hydrogen-bond donors (Lipinski definition) is 1. The van der Waals surface area contributed by atoms with E-state index in [4.69, 9.17) is 0 Å². The van der Waals surface area contributed by atoms with Crippen LogP contribution in [0, 0.1) is 0 Å². The first kappa shape index (κ1) is 20.0. The second-order valence-corrected chi connectivity index (χ2v) is 9.16. The number of aromatic nitrogens is 2. The Balaban J connectivity index is 1.64. The van der Waals surface area contributed by atoms with Crippen molar-refractivity contribution in [1.29, 1.82) is 0 Å². The number of nitrogens with zero attached hydrogens (tertiary/aromatic N) is 2. The molecule has 0 saturated carbocycles. The molecule has 0 spiro atoms. The summed E-state index contributed by atoms with van der Waals surface area (Å²) in [5.74, 6) is -0.619. The molecule has 0 radical (unpaired) electrons. The molecule has 0 fully saturated rings. The van der Waals surface area contributed by atoms with Crippen molar-refractivity contribution in [3.8, 4) is 0 Å². The van der Waals surface area contributed by atoms with Crippen LogP contribution >= 0.6 is 0 Å². The van der Waals surface area contributed by atoms with E-state index < -0.39 is 0 Å². The third-order valence-corrected chi connectivity index (χ3v) is 7.10. The van der Waals surface area contributed by atoms with E-state index in [2.05, 4.69) is 51.1 Å². The van der Waals surface area contributed by atoms with Gasteiger partial charge in [0, 0.05) is 58.4 Å². The summed E-state index contributed by atoms with van der Waals surface area (Å²) >= 11 is 0. The van der Waals surface area contributed by atoms with Gasteiger partial charge in [-0.1, -0.05) is 62.1 Å². The van der Waals surface area contributed by atoms with Gasteiger partial charge in [-0.25, -0.2) is 0 Å². The van der Waals surface area contributed by atoms with Crippen LogP contribution in [-0.4, -0.2) is 20.9 Å². The molecule has 0 unspecified atom stereocenters. The molecule has 0 atom stereocenters. The van der Waals surface area contributed by atoms with Gasteiger partial charge < -0.3 is 9.13 Å². The number of hydrogen-bond acceptors (Lipinski definition) is 2. The van der Waals surface area contributed by atoms with E-state index in [1.54, 1.807) is 0 Å². The number of imide groups is 1. The van der Waals surface area contributed by atoms with E-state index >= 15 is 0 Å². The number of aryl methyl sites for hydroxylation is 2. The molecule has 5 heteroatoms. The Kier molecular flexibility index (Phi) is 4.90. The second-order valence-electron chi connectivity index (χ2n) is 9.16. The van der Waals surface area contributed by atoms with Gasteiger partial charge in [-0.3, -0.25) is 14.9 Å². The van der Waals surface area contributed by atoms with Crippen LogP contribution in [0.5, 0.6) is 0 Å². The van der Waals surface area contributed by atoms with Gasteiger partial charge in [-0.15, -0.1) is 0 Å². The topological polar surface area (TPSA) is 56.0 Å². The summed E-state index contributed by atoms with van der Waals surface area (Å²) in [6.07, 6.45) is 11.3. The Morgan fingerprint density at radius 2 is 1.00 bits per heavy atom. The number of carbonyl (C=O) groups is 2. The first-order chi connectivity index (χ1) is 16.2. The first-order valence-corrected chi connectivity index (χ1v) is 12.0. The lowest BCUT2D eigenvalue weighted by Crippen LogP contribution is -2.22. The van der Waals surface area contributed by atoms with Crippen LogP contribution < -0.4 is 5.32 Å². The van der Waals surface area contributed by atoms with Crippen LogP contribution in [0.1, 0.15) is 49.7 Å². The normalized spacial score (nSPS) is 17.6. The van der Waals surface area contributed by atoms with Crippen LogP contribution in [0.25, 0.3) is 33.0 Å². The van der Waals surface area contributed by atoms with Crippen molar-refractivity contribution >= 4 is 44.8 Å². The number of benzene rings is 2. The minimum absolute atomic E-state index is 0.309. The van der Waals surface area contributed by atoms with Crippen molar-refractivity contribution in [2.45, 2.75) is 51.6 Å². The van der Waals surface area contributed by atoms with Gasteiger partial charge >= 0.3 is 0 Å². The fourth-order valence-electron chi connectivity index (χ4n) is 5.50. The fraction of sp³-hybridized carbons (Fsp3) is 0.286. The zero-order valence-corrected chi connectivity index (χ0v) is 18.6. The zero-order chi connectivity index (χ0) is 22.4. The van der Waals surface area contributed by atoms with E-state index in [0.29, 0.717) is 11.1 Å². The second kappa shape index (κ2) is 8.07. The number of amides is 2. The molecule has 2 aliphatic rings. The highest BCUT2D eigenvalue weighted by atomic mass is 16.2. The average Bonchev–Trinajstić information content (AvgIpc) is 3.46. The molecular weight excluding hydrogens is 410 g/mol. The zero-order valence-electron chi connectivity index (χ0n) is 18.6. The Hall–Kier alpha value is -3.60. The van der Waals surface area contributed by atoms with Crippen LogP contribution in [0.15, 0.2) is 60.9 Å². The number of carbonyl (C=O) groups excluding carboxylic acids is 2. The summed E-state index contributed by atoms with van der Waals surface area (Å²) in [4.78, 5) is 26.3. The Morgan fingerprint density at radius 1 is 0.576 bits per heavy atom. The summed E-state index contributed by atoms with van der Waals surface area (Å²) in [6.45, 7) is 1.83. The first-order valence-electron chi connectivity index (χ1n) is 12.0. The maximum atomic E-state index is 13.2. The SMILES string of the molecule is O=C1NC(=O)C2=C1c1cn(c3ccccc13)CCCCCCCCn1cc2c2ccccc21. The molecule has 33 heavy (non-hydrogen) atoms. The quantitative estimate of drug-likeness (QED) is 0.369.